The molecular formula is C14H20ClNO4S. The van der Waals surface area contributed by atoms with Crippen LogP contribution in [-0.4, -0.2) is 37.8 Å². The van der Waals surface area contributed by atoms with Crippen LogP contribution in [0, 0.1) is 0 Å². The highest BCUT2D eigenvalue weighted by molar-refractivity contribution is 8.13. The number of carbonyl (C=O) groups is 1. The summed E-state index contributed by atoms with van der Waals surface area (Å²) in [6.45, 7) is 5.23. The van der Waals surface area contributed by atoms with Crippen molar-refractivity contribution in [1.82, 2.24) is 4.90 Å². The Morgan fingerprint density at radius 2 is 1.81 bits per heavy atom. The predicted molar refractivity (Wildman–Crippen MR) is 82.8 cm³/mol. The van der Waals surface area contributed by atoms with Gasteiger partial charge in [-0.25, -0.2) is 13.2 Å². The lowest BCUT2D eigenvalue weighted by molar-refractivity contribution is 0.0236. The van der Waals surface area contributed by atoms with Crippen molar-refractivity contribution in [2.45, 2.75) is 32.4 Å². The number of halogens is 1. The average Bonchev–Trinajstić information content (AvgIpc) is 2.33. The zero-order chi connectivity index (χ0) is 16.3. The second-order valence-electron chi connectivity index (χ2n) is 5.72. The number of hydrogen-bond donors (Lipinski definition) is 0. The molecule has 0 aliphatic heterocycles. The molecule has 0 saturated carbocycles. The highest BCUT2D eigenvalue weighted by Gasteiger charge is 2.29. The second kappa shape index (κ2) is 6.66. The summed E-state index contributed by atoms with van der Waals surface area (Å²) in [4.78, 5) is 13.4. The van der Waals surface area contributed by atoms with Crippen LogP contribution in [0.3, 0.4) is 0 Å². The van der Waals surface area contributed by atoms with Crippen molar-refractivity contribution in [3.8, 4) is 0 Å². The van der Waals surface area contributed by atoms with Crippen molar-refractivity contribution < 1.29 is 17.9 Å². The maximum atomic E-state index is 12.1. The van der Waals surface area contributed by atoms with E-state index in [9.17, 15) is 13.2 Å². The molecule has 0 bridgehead atoms. The summed E-state index contributed by atoms with van der Waals surface area (Å²) in [5.74, 6) is -0.381. The highest BCUT2D eigenvalue weighted by Crippen LogP contribution is 2.24. The molecule has 1 rings (SSSR count). The minimum Gasteiger partial charge on any atom is -0.444 e. The molecule has 1 amide bonds. The van der Waals surface area contributed by atoms with Crippen LogP contribution in [0.15, 0.2) is 30.3 Å². The lowest BCUT2D eigenvalue weighted by Gasteiger charge is -2.30. The number of ether oxygens (including phenoxy) is 1. The van der Waals surface area contributed by atoms with Gasteiger partial charge in [0.15, 0.2) is 0 Å². The normalized spacial score (nSPS) is 13.6. The molecule has 0 radical (unpaired) electrons. The zero-order valence-electron chi connectivity index (χ0n) is 12.5. The van der Waals surface area contributed by atoms with Crippen LogP contribution in [0.2, 0.25) is 0 Å². The SMILES string of the molecule is CN(C(=O)OC(C)(C)C)C(CS(=O)(=O)Cl)c1ccccc1. The minimum atomic E-state index is -3.77. The lowest BCUT2D eigenvalue weighted by atomic mass is 10.1. The Kier molecular flexibility index (Phi) is 5.64. The Hall–Kier alpha value is -1.27. The molecule has 5 nitrogen and oxygen atoms in total. The van der Waals surface area contributed by atoms with E-state index in [0.29, 0.717) is 5.56 Å². The van der Waals surface area contributed by atoms with Crippen LogP contribution < -0.4 is 0 Å². The molecule has 0 aliphatic carbocycles. The van der Waals surface area contributed by atoms with Gasteiger partial charge < -0.3 is 9.64 Å². The summed E-state index contributed by atoms with van der Waals surface area (Å²) >= 11 is 0. The van der Waals surface area contributed by atoms with E-state index in [0.717, 1.165) is 0 Å². The van der Waals surface area contributed by atoms with Gasteiger partial charge >= 0.3 is 6.09 Å². The van der Waals surface area contributed by atoms with E-state index >= 15 is 0 Å². The Morgan fingerprint density at radius 1 is 1.29 bits per heavy atom. The van der Waals surface area contributed by atoms with Crippen LogP contribution in [0.25, 0.3) is 0 Å². The van der Waals surface area contributed by atoms with Gasteiger partial charge in [-0.1, -0.05) is 30.3 Å². The lowest BCUT2D eigenvalue weighted by Crippen LogP contribution is -2.38. The molecule has 0 aromatic heterocycles. The van der Waals surface area contributed by atoms with Crippen LogP contribution in [-0.2, 0) is 13.8 Å². The monoisotopic (exact) mass is 333 g/mol. The first-order valence-electron chi connectivity index (χ1n) is 6.43. The van der Waals surface area contributed by atoms with Crippen molar-refractivity contribution in [2.75, 3.05) is 12.8 Å². The third kappa shape index (κ3) is 6.35. The fourth-order valence-electron chi connectivity index (χ4n) is 1.76. The topological polar surface area (TPSA) is 63.7 Å². The molecule has 0 heterocycles. The summed E-state index contributed by atoms with van der Waals surface area (Å²) in [6, 6.07) is 8.13. The first-order chi connectivity index (χ1) is 9.49. The van der Waals surface area contributed by atoms with Crippen LogP contribution in [0.1, 0.15) is 32.4 Å². The van der Waals surface area contributed by atoms with Gasteiger partial charge in [0.2, 0.25) is 9.05 Å². The molecule has 21 heavy (non-hydrogen) atoms. The molecule has 1 aromatic carbocycles. The highest BCUT2D eigenvalue weighted by atomic mass is 35.7. The van der Waals surface area contributed by atoms with E-state index < -0.39 is 26.8 Å². The van der Waals surface area contributed by atoms with E-state index in [2.05, 4.69) is 0 Å². The molecular weight excluding hydrogens is 314 g/mol. The van der Waals surface area contributed by atoms with Crippen molar-refractivity contribution >= 4 is 25.8 Å². The summed E-state index contributed by atoms with van der Waals surface area (Å²) in [6.07, 6.45) is -0.600. The maximum absolute atomic E-state index is 12.1. The van der Waals surface area contributed by atoms with Gasteiger partial charge in [-0.05, 0) is 26.3 Å². The number of hydrogen-bond acceptors (Lipinski definition) is 4. The summed E-state index contributed by atoms with van der Waals surface area (Å²) in [5.41, 5.74) is 0.0157. The smallest absolute Gasteiger partial charge is 0.410 e. The van der Waals surface area contributed by atoms with E-state index in [1.165, 1.54) is 11.9 Å². The molecule has 1 unspecified atom stereocenters. The molecule has 118 valence electrons. The van der Waals surface area contributed by atoms with Gasteiger partial charge in [0.05, 0.1) is 11.8 Å². The van der Waals surface area contributed by atoms with Crippen LogP contribution in [0.4, 0.5) is 4.79 Å². The number of amides is 1. The number of nitrogens with zero attached hydrogens (tertiary/aromatic N) is 1. The van der Waals surface area contributed by atoms with Crippen molar-refractivity contribution in [2.24, 2.45) is 0 Å². The van der Waals surface area contributed by atoms with Gasteiger partial charge in [-0.2, -0.15) is 0 Å². The molecule has 1 atom stereocenters. The van der Waals surface area contributed by atoms with E-state index in [1.807, 2.05) is 6.07 Å². The maximum Gasteiger partial charge on any atom is 0.410 e. The molecule has 0 spiro atoms. The zero-order valence-corrected chi connectivity index (χ0v) is 14.1. The number of benzene rings is 1. The quantitative estimate of drug-likeness (QED) is 0.794. The summed E-state index contributed by atoms with van der Waals surface area (Å²) in [7, 11) is 3.08. The third-order valence-electron chi connectivity index (χ3n) is 2.69. The van der Waals surface area contributed by atoms with Crippen molar-refractivity contribution in [1.29, 1.82) is 0 Å². The fraction of sp³-hybridized carbons (Fsp3) is 0.500. The molecule has 0 saturated heterocycles. The van der Waals surface area contributed by atoms with Crippen molar-refractivity contribution in [3.63, 3.8) is 0 Å². The first kappa shape index (κ1) is 17.8. The van der Waals surface area contributed by atoms with E-state index in [4.69, 9.17) is 15.4 Å². The number of rotatable bonds is 4. The standard InChI is InChI=1S/C14H20ClNO4S/c1-14(2,3)20-13(17)16(4)12(10-21(15,18)19)11-8-6-5-7-9-11/h5-9,12H,10H2,1-4H3. The predicted octanol–water partition coefficient (Wildman–Crippen LogP) is 3.16. The Labute approximate surface area is 130 Å². The average molecular weight is 334 g/mol. The number of carbonyl (C=O) groups excluding carboxylic acids is 1. The van der Waals surface area contributed by atoms with Crippen LogP contribution >= 0.6 is 10.7 Å². The fourth-order valence-corrected chi connectivity index (χ4v) is 2.91. The second-order valence-corrected chi connectivity index (χ2v) is 8.54. The van der Waals surface area contributed by atoms with E-state index in [-0.39, 0.29) is 5.75 Å². The van der Waals surface area contributed by atoms with E-state index in [1.54, 1.807) is 45.0 Å². The first-order valence-corrected chi connectivity index (χ1v) is 8.90. The van der Waals surface area contributed by atoms with Gasteiger partial charge in [0, 0.05) is 17.7 Å². The minimum absolute atomic E-state index is 0.381. The van der Waals surface area contributed by atoms with Gasteiger partial charge in [-0.15, -0.1) is 0 Å². The molecule has 7 heteroatoms. The Bertz CT molecular complexity index is 581. The molecule has 0 aliphatic rings. The molecule has 0 N–H and O–H groups in total. The largest absolute Gasteiger partial charge is 0.444 e. The third-order valence-corrected chi connectivity index (χ3v) is 3.78. The Balaban J connectivity index is 3.04. The van der Waals surface area contributed by atoms with Crippen LogP contribution in [0.5, 0.6) is 0 Å². The summed E-state index contributed by atoms with van der Waals surface area (Å²) < 4.78 is 28.1. The Morgan fingerprint density at radius 3 is 2.24 bits per heavy atom. The van der Waals surface area contributed by atoms with Gasteiger partial charge in [0.1, 0.15) is 5.60 Å². The van der Waals surface area contributed by atoms with Gasteiger partial charge in [-0.3, -0.25) is 0 Å². The summed E-state index contributed by atoms with van der Waals surface area (Å²) in [5, 5.41) is 0. The molecule has 1 aromatic rings. The van der Waals surface area contributed by atoms with Gasteiger partial charge in [0.25, 0.3) is 0 Å². The molecule has 0 fully saturated rings. The van der Waals surface area contributed by atoms with Crippen molar-refractivity contribution in [3.05, 3.63) is 35.9 Å².